The number of nitrogens with one attached hydrogen (secondary N) is 1. The van der Waals surface area contributed by atoms with Crippen LogP contribution in [-0.2, 0) is 9.59 Å². The fourth-order valence-corrected chi connectivity index (χ4v) is 6.22. The molecule has 0 aliphatic heterocycles. The second-order valence-electron chi connectivity index (χ2n) is 13.8. The molecule has 268 valence electrons. The van der Waals surface area contributed by atoms with Gasteiger partial charge in [0.05, 0.1) is 0 Å². The van der Waals surface area contributed by atoms with Crippen molar-refractivity contribution in [1.29, 1.82) is 0 Å². The second kappa shape index (κ2) is 35.7. The number of hydrogen-bond donors (Lipinski definition) is 1. The molecule has 0 atom stereocenters. The minimum Gasteiger partial charge on any atom is -0.343 e. The Hall–Kier alpha value is -1.10. The minimum atomic E-state index is 0.342. The van der Waals surface area contributed by atoms with E-state index in [1.807, 2.05) is 0 Å². The molecule has 0 aliphatic carbocycles. The summed E-state index contributed by atoms with van der Waals surface area (Å²) in [7, 11) is 0. The van der Waals surface area contributed by atoms with Crippen molar-refractivity contribution in [2.24, 2.45) is 0 Å². The maximum atomic E-state index is 13.1. The number of unbranched alkanes of at least 4 members (excludes halogenated alkanes) is 20. The Labute approximate surface area is 282 Å². The van der Waals surface area contributed by atoms with Crippen molar-refractivity contribution in [1.82, 2.24) is 15.1 Å². The van der Waals surface area contributed by atoms with Gasteiger partial charge in [0.2, 0.25) is 11.8 Å². The summed E-state index contributed by atoms with van der Waals surface area (Å²) in [4.78, 5) is 30.5. The second-order valence-corrected chi connectivity index (χ2v) is 13.8. The molecule has 0 fully saturated rings. The van der Waals surface area contributed by atoms with Crippen LogP contribution < -0.4 is 5.32 Å². The van der Waals surface area contributed by atoms with Crippen molar-refractivity contribution >= 4 is 11.8 Å². The molecule has 0 saturated heterocycles. The predicted molar refractivity (Wildman–Crippen MR) is 198 cm³/mol. The van der Waals surface area contributed by atoms with Crippen LogP contribution in [0.25, 0.3) is 0 Å². The first-order valence-corrected chi connectivity index (χ1v) is 20.4. The first kappa shape index (κ1) is 43.9. The molecule has 45 heavy (non-hydrogen) atoms. The average molecular weight is 636 g/mol. The van der Waals surface area contributed by atoms with E-state index in [9.17, 15) is 9.59 Å². The van der Waals surface area contributed by atoms with E-state index in [2.05, 4.69) is 42.8 Å². The van der Waals surface area contributed by atoms with E-state index in [0.29, 0.717) is 24.7 Å². The largest absolute Gasteiger partial charge is 0.343 e. The number of carbonyl (C=O) groups excluding carboxylic acids is 2. The van der Waals surface area contributed by atoms with Crippen LogP contribution in [-0.4, -0.2) is 60.9 Å². The molecule has 0 aromatic rings. The quantitative estimate of drug-likeness (QED) is 0.0697. The van der Waals surface area contributed by atoms with E-state index in [1.165, 1.54) is 128 Å². The molecule has 0 bridgehead atoms. The highest BCUT2D eigenvalue weighted by molar-refractivity contribution is 5.76. The Morgan fingerprint density at radius 3 is 0.867 bits per heavy atom. The highest BCUT2D eigenvalue weighted by Gasteiger charge is 2.14. The zero-order valence-electron chi connectivity index (χ0n) is 31.3. The first-order valence-electron chi connectivity index (χ1n) is 20.4. The first-order chi connectivity index (χ1) is 22.1. The summed E-state index contributed by atoms with van der Waals surface area (Å²) in [5, 5.41) is 3.52. The number of hydrogen-bond acceptors (Lipinski definition) is 3. The molecule has 1 N–H and O–H groups in total. The van der Waals surface area contributed by atoms with E-state index in [1.54, 1.807) is 0 Å². The molecule has 0 spiro atoms. The monoisotopic (exact) mass is 636 g/mol. The van der Waals surface area contributed by atoms with Gasteiger partial charge in [-0.05, 0) is 51.6 Å². The van der Waals surface area contributed by atoms with Crippen molar-refractivity contribution in [3.05, 3.63) is 0 Å². The maximum Gasteiger partial charge on any atom is 0.222 e. The molecule has 0 saturated carbocycles. The van der Waals surface area contributed by atoms with Gasteiger partial charge in [0, 0.05) is 39.0 Å². The van der Waals surface area contributed by atoms with Crippen LogP contribution in [0.2, 0.25) is 0 Å². The van der Waals surface area contributed by atoms with Gasteiger partial charge in [-0.1, -0.05) is 156 Å². The van der Waals surface area contributed by atoms with Gasteiger partial charge in [-0.15, -0.1) is 0 Å². The van der Waals surface area contributed by atoms with Crippen molar-refractivity contribution in [3.8, 4) is 0 Å². The van der Waals surface area contributed by atoms with Crippen LogP contribution in [0.1, 0.15) is 207 Å². The van der Waals surface area contributed by atoms with E-state index in [-0.39, 0.29) is 0 Å². The lowest BCUT2D eigenvalue weighted by molar-refractivity contribution is -0.132. The normalized spacial score (nSPS) is 11.3. The van der Waals surface area contributed by atoms with Crippen molar-refractivity contribution in [3.63, 3.8) is 0 Å². The van der Waals surface area contributed by atoms with Gasteiger partial charge in [0.25, 0.3) is 0 Å². The fourth-order valence-electron chi connectivity index (χ4n) is 6.22. The Morgan fingerprint density at radius 1 is 0.356 bits per heavy atom. The van der Waals surface area contributed by atoms with Gasteiger partial charge in [-0.2, -0.15) is 0 Å². The average Bonchev–Trinajstić information content (AvgIpc) is 3.04. The standard InChI is InChI=1S/C40H81N3O2/c1-5-9-13-17-21-25-35-42(36-26-22-18-14-10-6-2)39(44)31-29-33-41-34-30-32-40(45)43(37-27-23-19-15-11-7-3)38-28-24-20-16-12-8-4/h41H,5-38H2,1-4H3. The molecule has 2 amide bonds. The van der Waals surface area contributed by atoms with Crippen LogP contribution in [0.4, 0.5) is 0 Å². The molecule has 0 rings (SSSR count). The molecular weight excluding hydrogens is 554 g/mol. The van der Waals surface area contributed by atoms with Gasteiger partial charge in [0.1, 0.15) is 0 Å². The topological polar surface area (TPSA) is 52.7 Å². The fraction of sp³-hybridized carbons (Fsp3) is 0.950. The summed E-state index contributed by atoms with van der Waals surface area (Å²) >= 11 is 0. The van der Waals surface area contributed by atoms with Gasteiger partial charge in [-0.3, -0.25) is 9.59 Å². The Balaban J connectivity index is 4.37. The summed E-state index contributed by atoms with van der Waals surface area (Å²) in [6, 6.07) is 0. The molecule has 0 unspecified atom stereocenters. The van der Waals surface area contributed by atoms with Crippen LogP contribution in [0.15, 0.2) is 0 Å². The van der Waals surface area contributed by atoms with Gasteiger partial charge in [-0.25, -0.2) is 0 Å². The zero-order chi connectivity index (χ0) is 33.1. The summed E-state index contributed by atoms with van der Waals surface area (Å²) in [6.45, 7) is 14.5. The molecule has 0 aromatic heterocycles. The Kier molecular flexibility index (Phi) is 34.9. The Morgan fingerprint density at radius 2 is 0.600 bits per heavy atom. The van der Waals surface area contributed by atoms with E-state index in [0.717, 1.165) is 77.8 Å². The predicted octanol–water partition coefficient (Wildman–Crippen LogP) is 11.2. The number of rotatable bonds is 36. The molecule has 5 heteroatoms. The summed E-state index contributed by atoms with van der Waals surface area (Å²) in [5.41, 5.74) is 0. The molecule has 5 nitrogen and oxygen atoms in total. The number of carbonyl (C=O) groups is 2. The van der Waals surface area contributed by atoms with Crippen LogP contribution >= 0.6 is 0 Å². The molecule has 0 heterocycles. The van der Waals surface area contributed by atoms with Crippen molar-refractivity contribution in [2.45, 2.75) is 207 Å². The molecule has 0 radical (unpaired) electrons. The lowest BCUT2D eigenvalue weighted by Crippen LogP contribution is -2.34. The zero-order valence-corrected chi connectivity index (χ0v) is 31.3. The molecule has 0 aromatic carbocycles. The van der Waals surface area contributed by atoms with Crippen LogP contribution in [0.3, 0.4) is 0 Å². The number of amides is 2. The van der Waals surface area contributed by atoms with E-state index < -0.39 is 0 Å². The SMILES string of the molecule is CCCCCCCCN(CCCCCCCC)C(=O)CCCNCCCC(=O)N(CCCCCCCC)CCCCCCCC. The molecule has 0 aliphatic rings. The van der Waals surface area contributed by atoms with Crippen molar-refractivity contribution in [2.75, 3.05) is 39.3 Å². The van der Waals surface area contributed by atoms with E-state index >= 15 is 0 Å². The smallest absolute Gasteiger partial charge is 0.222 e. The number of nitrogens with zero attached hydrogens (tertiary/aromatic N) is 2. The summed E-state index contributed by atoms with van der Waals surface area (Å²) in [6.07, 6.45) is 33.6. The third-order valence-corrected chi connectivity index (χ3v) is 9.32. The lowest BCUT2D eigenvalue weighted by Gasteiger charge is -2.23. The highest BCUT2D eigenvalue weighted by atomic mass is 16.2. The summed E-state index contributed by atoms with van der Waals surface area (Å²) < 4.78 is 0. The van der Waals surface area contributed by atoms with Crippen molar-refractivity contribution < 1.29 is 9.59 Å². The van der Waals surface area contributed by atoms with Crippen LogP contribution in [0, 0.1) is 0 Å². The third kappa shape index (κ3) is 30.0. The minimum absolute atomic E-state index is 0.342. The maximum absolute atomic E-state index is 13.1. The van der Waals surface area contributed by atoms with Gasteiger partial charge in [0.15, 0.2) is 0 Å². The van der Waals surface area contributed by atoms with E-state index in [4.69, 9.17) is 0 Å². The lowest BCUT2D eigenvalue weighted by atomic mass is 10.1. The Bertz CT molecular complexity index is 543. The van der Waals surface area contributed by atoms with Gasteiger partial charge >= 0.3 is 0 Å². The highest BCUT2D eigenvalue weighted by Crippen LogP contribution is 2.12. The van der Waals surface area contributed by atoms with Crippen LogP contribution in [0.5, 0.6) is 0 Å². The summed E-state index contributed by atoms with van der Waals surface area (Å²) in [5.74, 6) is 0.684. The molecular formula is C40H81N3O2. The van der Waals surface area contributed by atoms with Gasteiger partial charge < -0.3 is 15.1 Å². The third-order valence-electron chi connectivity index (χ3n) is 9.32.